The van der Waals surface area contributed by atoms with Gasteiger partial charge in [0.1, 0.15) is 0 Å². The third-order valence-electron chi connectivity index (χ3n) is 2.02. The predicted octanol–water partition coefficient (Wildman–Crippen LogP) is -0.372. The molecule has 1 N–H and O–H groups in total. The molecule has 0 aliphatic carbocycles. The molecular weight excluding hydrogens is 146 g/mol. The second-order valence-corrected chi connectivity index (χ2v) is 2.80. The lowest BCUT2D eigenvalue weighted by Gasteiger charge is -2.10. The first-order valence-corrected chi connectivity index (χ1v) is 3.46. The van der Waals surface area contributed by atoms with E-state index in [2.05, 4.69) is 15.5 Å². The summed E-state index contributed by atoms with van der Waals surface area (Å²) in [6.45, 7) is 0.556. The van der Waals surface area contributed by atoms with E-state index in [9.17, 15) is 9.59 Å². The van der Waals surface area contributed by atoms with Gasteiger partial charge in [-0.3, -0.25) is 14.9 Å². The third-order valence-corrected chi connectivity index (χ3v) is 2.02. The van der Waals surface area contributed by atoms with Crippen LogP contribution in [0.5, 0.6) is 0 Å². The normalized spacial score (nSPS) is 35.3. The molecular formula is C6H7N3O2. The van der Waals surface area contributed by atoms with Gasteiger partial charge in [0.25, 0.3) is 5.91 Å². The van der Waals surface area contributed by atoms with Crippen molar-refractivity contribution in [1.29, 1.82) is 0 Å². The summed E-state index contributed by atoms with van der Waals surface area (Å²) in [5.74, 6) is -0.528. The summed E-state index contributed by atoms with van der Waals surface area (Å²) in [5, 5.41) is 9.72. The fourth-order valence-corrected chi connectivity index (χ4v) is 1.39. The monoisotopic (exact) mass is 153 g/mol. The van der Waals surface area contributed by atoms with Crippen LogP contribution < -0.4 is 5.32 Å². The SMILES string of the molecule is O=C1CC2(CCN=N2)C(=O)N1. The van der Waals surface area contributed by atoms with E-state index in [0.29, 0.717) is 13.0 Å². The summed E-state index contributed by atoms with van der Waals surface area (Å²) in [7, 11) is 0. The minimum atomic E-state index is -0.822. The molecule has 1 unspecified atom stereocenters. The van der Waals surface area contributed by atoms with Gasteiger partial charge in [-0.25, -0.2) is 0 Å². The summed E-state index contributed by atoms with van der Waals surface area (Å²) in [6, 6.07) is 0. The van der Waals surface area contributed by atoms with Crippen LogP contribution in [0, 0.1) is 0 Å². The molecule has 1 saturated heterocycles. The number of hydrogen-bond donors (Lipinski definition) is 1. The van der Waals surface area contributed by atoms with Gasteiger partial charge in [0.05, 0.1) is 13.0 Å². The number of nitrogens with one attached hydrogen (secondary N) is 1. The Balaban J connectivity index is 2.32. The molecule has 11 heavy (non-hydrogen) atoms. The largest absolute Gasteiger partial charge is 0.294 e. The molecule has 0 bridgehead atoms. The molecule has 0 aromatic carbocycles. The molecule has 2 heterocycles. The fraction of sp³-hybridized carbons (Fsp3) is 0.667. The summed E-state index contributed by atoms with van der Waals surface area (Å²) >= 11 is 0. The standard InChI is InChI=1S/C6H7N3O2/c10-4-3-6(5(11)8-4)1-2-7-9-6/h1-3H2,(H,8,10,11). The minimum absolute atomic E-state index is 0.176. The number of azo groups is 1. The Morgan fingerprint density at radius 1 is 1.45 bits per heavy atom. The molecule has 58 valence electrons. The number of carbonyl (C=O) groups excluding carboxylic acids is 2. The van der Waals surface area contributed by atoms with Crippen molar-refractivity contribution in [3.05, 3.63) is 0 Å². The average molecular weight is 153 g/mol. The molecule has 2 aliphatic heterocycles. The molecule has 0 saturated carbocycles. The molecule has 2 aliphatic rings. The second kappa shape index (κ2) is 1.87. The molecule has 2 rings (SSSR count). The van der Waals surface area contributed by atoms with Crippen molar-refractivity contribution in [2.75, 3.05) is 6.54 Å². The maximum absolute atomic E-state index is 11.1. The third kappa shape index (κ3) is 0.768. The highest BCUT2D eigenvalue weighted by Gasteiger charge is 2.48. The van der Waals surface area contributed by atoms with Crippen LogP contribution in [0.15, 0.2) is 10.2 Å². The van der Waals surface area contributed by atoms with Crippen molar-refractivity contribution in [2.24, 2.45) is 10.2 Å². The van der Waals surface area contributed by atoms with Crippen LogP contribution in [0.25, 0.3) is 0 Å². The van der Waals surface area contributed by atoms with Crippen LogP contribution in [-0.4, -0.2) is 23.9 Å². The second-order valence-electron chi connectivity index (χ2n) is 2.80. The van der Waals surface area contributed by atoms with Crippen LogP contribution in [0.2, 0.25) is 0 Å². The van der Waals surface area contributed by atoms with Crippen LogP contribution in [-0.2, 0) is 9.59 Å². The Morgan fingerprint density at radius 2 is 2.27 bits per heavy atom. The first kappa shape index (κ1) is 6.45. The van der Waals surface area contributed by atoms with E-state index in [-0.39, 0.29) is 18.2 Å². The van der Waals surface area contributed by atoms with Crippen LogP contribution in [0.4, 0.5) is 0 Å². The van der Waals surface area contributed by atoms with Gasteiger partial charge < -0.3 is 0 Å². The zero-order chi connectivity index (χ0) is 7.90. The number of rotatable bonds is 0. The minimum Gasteiger partial charge on any atom is -0.294 e. The molecule has 0 radical (unpaired) electrons. The van der Waals surface area contributed by atoms with Crippen LogP contribution >= 0.6 is 0 Å². The van der Waals surface area contributed by atoms with Gasteiger partial charge in [0, 0.05) is 6.42 Å². The van der Waals surface area contributed by atoms with Crippen molar-refractivity contribution in [3.8, 4) is 0 Å². The zero-order valence-corrected chi connectivity index (χ0v) is 5.83. The topological polar surface area (TPSA) is 70.9 Å². The van der Waals surface area contributed by atoms with E-state index in [1.165, 1.54) is 0 Å². The van der Waals surface area contributed by atoms with Gasteiger partial charge in [-0.05, 0) is 0 Å². The van der Waals surface area contributed by atoms with E-state index < -0.39 is 5.54 Å². The van der Waals surface area contributed by atoms with Crippen molar-refractivity contribution in [1.82, 2.24) is 5.32 Å². The quantitative estimate of drug-likeness (QED) is 0.482. The fourth-order valence-electron chi connectivity index (χ4n) is 1.39. The number of imide groups is 1. The lowest BCUT2D eigenvalue weighted by molar-refractivity contribution is -0.126. The Kier molecular flexibility index (Phi) is 1.10. The van der Waals surface area contributed by atoms with Crippen molar-refractivity contribution < 1.29 is 9.59 Å². The molecule has 0 aromatic rings. The highest BCUT2D eigenvalue weighted by molar-refractivity contribution is 6.08. The Morgan fingerprint density at radius 3 is 2.73 bits per heavy atom. The Labute approximate surface area is 62.9 Å². The highest BCUT2D eigenvalue weighted by atomic mass is 16.2. The average Bonchev–Trinajstić information content (AvgIpc) is 2.45. The first-order valence-electron chi connectivity index (χ1n) is 3.46. The summed E-state index contributed by atoms with van der Waals surface area (Å²) < 4.78 is 0. The van der Waals surface area contributed by atoms with E-state index in [4.69, 9.17) is 0 Å². The summed E-state index contributed by atoms with van der Waals surface area (Å²) in [5.41, 5.74) is -0.822. The number of amides is 2. The molecule has 1 spiro atoms. The van der Waals surface area contributed by atoms with Crippen molar-refractivity contribution in [2.45, 2.75) is 18.4 Å². The van der Waals surface area contributed by atoms with Gasteiger partial charge in [-0.1, -0.05) is 0 Å². The molecule has 5 heteroatoms. The van der Waals surface area contributed by atoms with Gasteiger partial charge in [-0.15, -0.1) is 0 Å². The summed E-state index contributed by atoms with van der Waals surface area (Å²) in [4.78, 5) is 21.9. The Hall–Kier alpha value is -1.26. The van der Waals surface area contributed by atoms with Crippen molar-refractivity contribution in [3.63, 3.8) is 0 Å². The maximum atomic E-state index is 11.1. The van der Waals surface area contributed by atoms with Crippen molar-refractivity contribution >= 4 is 11.8 Å². The van der Waals surface area contributed by atoms with Crippen LogP contribution in [0.3, 0.4) is 0 Å². The first-order chi connectivity index (χ1) is 5.23. The van der Waals surface area contributed by atoms with Gasteiger partial charge in [0.2, 0.25) is 5.91 Å². The zero-order valence-electron chi connectivity index (χ0n) is 5.83. The van der Waals surface area contributed by atoms with Gasteiger partial charge in [-0.2, -0.15) is 10.2 Å². The lowest BCUT2D eigenvalue weighted by Crippen LogP contribution is -2.34. The molecule has 5 nitrogen and oxygen atoms in total. The van der Waals surface area contributed by atoms with E-state index in [1.54, 1.807) is 0 Å². The smallest absolute Gasteiger partial charge is 0.257 e. The number of carbonyl (C=O) groups is 2. The van der Waals surface area contributed by atoms with E-state index in [1.807, 2.05) is 0 Å². The lowest BCUT2D eigenvalue weighted by atomic mass is 9.96. The van der Waals surface area contributed by atoms with E-state index >= 15 is 0 Å². The Bertz CT molecular complexity index is 261. The summed E-state index contributed by atoms with van der Waals surface area (Å²) in [6.07, 6.45) is 0.750. The maximum Gasteiger partial charge on any atom is 0.257 e. The number of nitrogens with zero attached hydrogens (tertiary/aromatic N) is 2. The van der Waals surface area contributed by atoms with Gasteiger partial charge in [0.15, 0.2) is 5.54 Å². The molecule has 0 aromatic heterocycles. The predicted molar refractivity (Wildman–Crippen MR) is 34.8 cm³/mol. The van der Waals surface area contributed by atoms with Crippen LogP contribution in [0.1, 0.15) is 12.8 Å². The highest BCUT2D eigenvalue weighted by Crippen LogP contribution is 2.30. The van der Waals surface area contributed by atoms with E-state index in [0.717, 1.165) is 0 Å². The number of hydrogen-bond acceptors (Lipinski definition) is 4. The molecule has 1 fully saturated rings. The molecule has 2 amide bonds. The van der Waals surface area contributed by atoms with Gasteiger partial charge >= 0.3 is 0 Å². The molecule has 1 atom stereocenters.